The molecule has 0 bridgehead atoms. The van der Waals surface area contributed by atoms with Gasteiger partial charge in [-0.05, 0) is 0 Å². The van der Waals surface area contributed by atoms with Crippen LogP contribution < -0.4 is 24.8 Å². The van der Waals surface area contributed by atoms with Crippen molar-refractivity contribution in [1.29, 1.82) is 0 Å². The molecule has 2 aliphatic carbocycles. The summed E-state index contributed by atoms with van der Waals surface area (Å²) in [6.07, 6.45) is 6.39. The number of hydrogen-bond acceptors (Lipinski definition) is 0. The first-order valence-electron chi connectivity index (χ1n) is 9.40. The molecule has 0 spiro atoms. The number of halogens is 2. The molecule has 0 amide bonds. The predicted molar refractivity (Wildman–Crippen MR) is 116 cm³/mol. The number of allylic oxidation sites excluding steroid dienone is 4. The van der Waals surface area contributed by atoms with Crippen LogP contribution in [0.3, 0.4) is 0 Å². The minimum atomic E-state index is -2.53. The second-order valence-corrected chi connectivity index (χ2v) is 25.7. The first-order valence-corrected chi connectivity index (χ1v) is 20.5. The molecule has 2 aromatic rings. The van der Waals surface area contributed by atoms with Gasteiger partial charge in [0.2, 0.25) is 0 Å². The van der Waals surface area contributed by atoms with Gasteiger partial charge in [-0.1, -0.05) is 7.43 Å². The Morgan fingerprint density at radius 2 is 1.29 bits per heavy atom. The van der Waals surface area contributed by atoms with Crippen molar-refractivity contribution >= 4 is 8.07 Å². The Balaban J connectivity index is 0.00000131. The van der Waals surface area contributed by atoms with E-state index in [1.54, 1.807) is 16.3 Å². The third kappa shape index (κ3) is 4.22. The fourth-order valence-electron chi connectivity index (χ4n) is 4.62. The van der Waals surface area contributed by atoms with E-state index < -0.39 is 28.3 Å². The molecule has 0 heterocycles. The van der Waals surface area contributed by atoms with Crippen LogP contribution in [0.2, 0.25) is 28.9 Å². The molecular formula is C24H32Cl2SiZr. The molecule has 0 fully saturated rings. The van der Waals surface area contributed by atoms with Crippen molar-refractivity contribution in [3.05, 3.63) is 80.3 Å². The van der Waals surface area contributed by atoms with Crippen molar-refractivity contribution in [2.24, 2.45) is 0 Å². The largest absolute Gasteiger partial charge is 1.00 e. The van der Waals surface area contributed by atoms with Crippen LogP contribution in [-0.2, 0) is 20.3 Å². The molecule has 2 aliphatic rings. The van der Waals surface area contributed by atoms with Gasteiger partial charge in [-0.3, -0.25) is 0 Å². The van der Waals surface area contributed by atoms with Gasteiger partial charge < -0.3 is 24.8 Å². The Kier molecular flexibility index (Phi) is 8.40. The molecule has 28 heavy (non-hydrogen) atoms. The minimum absolute atomic E-state index is 0. The van der Waals surface area contributed by atoms with E-state index in [0.717, 1.165) is 0 Å². The van der Waals surface area contributed by atoms with Crippen molar-refractivity contribution in [3.63, 3.8) is 0 Å². The van der Waals surface area contributed by atoms with E-state index in [1.807, 2.05) is 3.28 Å². The van der Waals surface area contributed by atoms with Crippen molar-refractivity contribution in [2.45, 2.75) is 46.4 Å². The van der Waals surface area contributed by atoms with Gasteiger partial charge >= 0.3 is 159 Å². The Bertz CT molecular complexity index is 861. The molecule has 0 unspecified atom stereocenters. The van der Waals surface area contributed by atoms with Gasteiger partial charge in [-0.25, -0.2) is 0 Å². The molecule has 0 aromatic heterocycles. The fraction of sp³-hybridized carbons (Fsp3) is 0.333. The smallest absolute Gasteiger partial charge is 1.00 e. The molecule has 4 rings (SSSR count). The van der Waals surface area contributed by atoms with Crippen LogP contribution in [0.15, 0.2) is 69.2 Å². The van der Waals surface area contributed by atoms with Crippen LogP contribution in [0.5, 0.6) is 0 Å². The van der Waals surface area contributed by atoms with E-state index in [-0.39, 0.29) is 32.2 Å². The molecule has 0 aliphatic heterocycles. The summed E-state index contributed by atoms with van der Waals surface area (Å²) in [5.41, 5.74) is 6.13. The van der Waals surface area contributed by atoms with Crippen LogP contribution in [0.25, 0.3) is 11.1 Å². The summed E-state index contributed by atoms with van der Waals surface area (Å²) in [6, 6.07) is 18.3. The summed E-state index contributed by atoms with van der Waals surface area (Å²) in [5, 5.41) is 1.67. The van der Waals surface area contributed by atoms with E-state index in [1.165, 1.54) is 17.5 Å². The second-order valence-electron chi connectivity index (χ2n) is 9.11. The molecule has 0 nitrogen and oxygen atoms in total. The Labute approximate surface area is 189 Å². The number of rotatable bonds is 3. The summed E-state index contributed by atoms with van der Waals surface area (Å²) in [5.74, 6) is 0. The van der Waals surface area contributed by atoms with Crippen LogP contribution in [-0.4, -0.2) is 8.07 Å². The minimum Gasteiger partial charge on any atom is -1.00 e. The maximum Gasteiger partial charge on any atom is -1.00 e. The zero-order chi connectivity index (χ0) is 17.8. The monoisotopic (exact) mass is 508 g/mol. The molecule has 0 saturated carbocycles. The fourth-order valence-corrected chi connectivity index (χ4v) is 15.1. The van der Waals surface area contributed by atoms with Crippen LogP contribution in [0.4, 0.5) is 0 Å². The van der Waals surface area contributed by atoms with E-state index in [2.05, 4.69) is 89.6 Å². The zero-order valence-corrected chi connectivity index (χ0v) is 21.8. The van der Waals surface area contributed by atoms with Gasteiger partial charge in [0.15, 0.2) is 0 Å². The summed E-state index contributed by atoms with van der Waals surface area (Å²) in [6.45, 7) is 7.42. The predicted octanol–water partition coefficient (Wildman–Crippen LogP) is 1.74. The van der Waals surface area contributed by atoms with Gasteiger partial charge in [0, 0.05) is 0 Å². The van der Waals surface area contributed by atoms with Gasteiger partial charge in [0.25, 0.3) is 0 Å². The quantitative estimate of drug-likeness (QED) is 0.552. The summed E-state index contributed by atoms with van der Waals surface area (Å²) in [7, 11) is -1.21. The van der Waals surface area contributed by atoms with E-state index >= 15 is 0 Å². The first-order chi connectivity index (χ1) is 11.8. The average molecular weight is 511 g/mol. The normalized spacial score (nSPS) is 14.8. The topological polar surface area (TPSA) is 0 Å². The van der Waals surface area contributed by atoms with Gasteiger partial charge in [0.05, 0.1) is 0 Å². The SMILES string of the molecule is C.C[Si](C)(C)C1=CC[C]([Zr+2]([CH3])([CH3])[CH]2c3ccccc3-c3ccccc32)=C1.[Cl-].[Cl-]. The van der Waals surface area contributed by atoms with Crippen molar-refractivity contribution in [3.8, 4) is 11.1 Å². The summed E-state index contributed by atoms with van der Waals surface area (Å²) < 4.78 is 7.78. The van der Waals surface area contributed by atoms with Crippen molar-refractivity contribution < 1.29 is 45.1 Å². The van der Waals surface area contributed by atoms with Crippen LogP contribution in [0, 0.1) is 0 Å². The van der Waals surface area contributed by atoms with E-state index in [4.69, 9.17) is 0 Å². The van der Waals surface area contributed by atoms with Gasteiger partial charge in [-0.15, -0.1) is 0 Å². The van der Waals surface area contributed by atoms with Crippen molar-refractivity contribution in [2.75, 3.05) is 0 Å². The first kappa shape index (κ1) is 25.6. The van der Waals surface area contributed by atoms with E-state index in [0.29, 0.717) is 3.63 Å². The summed E-state index contributed by atoms with van der Waals surface area (Å²) >= 11 is -2.53. The Morgan fingerprint density at radius 3 is 1.71 bits per heavy atom. The second kappa shape index (κ2) is 9.17. The van der Waals surface area contributed by atoms with Crippen molar-refractivity contribution in [1.82, 2.24) is 0 Å². The van der Waals surface area contributed by atoms with Crippen LogP contribution >= 0.6 is 0 Å². The molecule has 0 N–H and O–H groups in total. The molecular weight excluding hydrogens is 478 g/mol. The van der Waals surface area contributed by atoms with Gasteiger partial charge in [-0.2, -0.15) is 0 Å². The molecule has 4 heteroatoms. The molecule has 2 aromatic carbocycles. The maximum absolute atomic E-state index is 2.66. The zero-order valence-electron chi connectivity index (χ0n) is 16.8. The molecule has 0 saturated heterocycles. The van der Waals surface area contributed by atoms with Gasteiger partial charge in [0.1, 0.15) is 0 Å². The van der Waals surface area contributed by atoms with Crippen LogP contribution in [0.1, 0.15) is 28.6 Å². The maximum atomic E-state index is 2.66. The number of fused-ring (bicyclic) bond motifs is 3. The number of hydrogen-bond donors (Lipinski definition) is 0. The van der Waals surface area contributed by atoms with E-state index in [9.17, 15) is 0 Å². The standard InChI is InChI=1S/C13H9.C8H13Si.CH4.2CH3.2ClH.Zr/c1-3-7-12-10(5-1)9-11-6-2-4-8-13(11)12;1-9(2,3)8-6-4-5-7-8;;;;;;/h1-9H;6-7H,4H2,1-3H3;1H4;2*1H3;2*1H;/q;;;;;;;+2/p-2. The third-order valence-corrected chi connectivity index (χ3v) is 18.2. The molecule has 0 atom stereocenters. The molecule has 0 radical (unpaired) electrons. The Morgan fingerprint density at radius 1 is 0.821 bits per heavy atom. The Hall–Kier alpha value is -0.400. The number of benzene rings is 2. The third-order valence-electron chi connectivity index (χ3n) is 6.12. The molecule has 150 valence electrons. The summed E-state index contributed by atoms with van der Waals surface area (Å²) in [4.78, 5) is 0. The average Bonchev–Trinajstić information content (AvgIpc) is 3.18.